The summed E-state index contributed by atoms with van der Waals surface area (Å²) in [4.78, 5) is 17.8. The molecule has 0 bridgehead atoms. The van der Waals surface area contributed by atoms with Gasteiger partial charge in [0.2, 0.25) is 0 Å². The maximum atomic E-state index is 11.1. The number of hydrogen-bond acceptors (Lipinski definition) is 5. The molecule has 2 rings (SSSR count). The Morgan fingerprint density at radius 1 is 1.72 bits per heavy atom. The smallest absolute Gasteiger partial charge is 0.251 e. The first-order valence-electron chi connectivity index (χ1n) is 6.02. The van der Waals surface area contributed by atoms with Gasteiger partial charge in [0.15, 0.2) is 5.16 Å². The van der Waals surface area contributed by atoms with E-state index < -0.39 is 5.54 Å². The molecule has 0 spiro atoms. The predicted molar refractivity (Wildman–Crippen MR) is 70.1 cm³/mol. The maximum absolute atomic E-state index is 11.1. The largest absolute Gasteiger partial charge is 0.313 e. The normalized spacial score (nSPS) is 27.0. The molecule has 2 atom stereocenters. The van der Waals surface area contributed by atoms with E-state index in [1.807, 2.05) is 0 Å². The molecule has 1 fully saturated rings. The van der Waals surface area contributed by atoms with Crippen molar-refractivity contribution in [1.29, 1.82) is 5.26 Å². The Morgan fingerprint density at radius 2 is 2.56 bits per heavy atom. The lowest BCUT2D eigenvalue weighted by molar-refractivity contribution is 0.389. The molecule has 3 N–H and O–H groups in total. The summed E-state index contributed by atoms with van der Waals surface area (Å²) >= 11 is 1.50. The molecule has 1 saturated carbocycles. The Balaban J connectivity index is 1.86. The summed E-state index contributed by atoms with van der Waals surface area (Å²) in [5, 5.41) is 9.73. The lowest BCUT2D eigenvalue weighted by Crippen LogP contribution is -2.41. The Bertz CT molecular complexity index is 509. The van der Waals surface area contributed by atoms with Gasteiger partial charge in [-0.2, -0.15) is 5.26 Å². The van der Waals surface area contributed by atoms with Crippen LogP contribution >= 0.6 is 11.8 Å². The van der Waals surface area contributed by atoms with Gasteiger partial charge >= 0.3 is 0 Å². The summed E-state index contributed by atoms with van der Waals surface area (Å²) < 4.78 is 0. The van der Waals surface area contributed by atoms with E-state index in [4.69, 9.17) is 11.0 Å². The van der Waals surface area contributed by atoms with E-state index >= 15 is 0 Å². The van der Waals surface area contributed by atoms with Gasteiger partial charge in [-0.3, -0.25) is 4.79 Å². The van der Waals surface area contributed by atoms with E-state index in [1.165, 1.54) is 24.0 Å². The van der Waals surface area contributed by atoms with Crippen LogP contribution in [0, 0.1) is 17.2 Å². The van der Waals surface area contributed by atoms with Crippen LogP contribution in [0.4, 0.5) is 0 Å². The van der Waals surface area contributed by atoms with Gasteiger partial charge in [0.25, 0.3) is 5.56 Å². The molecule has 18 heavy (non-hydrogen) atoms. The molecule has 2 unspecified atom stereocenters. The van der Waals surface area contributed by atoms with Crippen molar-refractivity contribution >= 4 is 11.8 Å². The van der Waals surface area contributed by atoms with Crippen LogP contribution in [0.1, 0.15) is 25.7 Å². The zero-order chi connectivity index (χ0) is 13.0. The lowest BCUT2D eigenvalue weighted by atomic mass is 9.88. The first kappa shape index (κ1) is 13.1. The number of nitrogens with two attached hydrogens (primary N) is 1. The summed E-state index contributed by atoms with van der Waals surface area (Å²) in [6, 6.07) is 3.63. The molecule has 1 heterocycles. The molecule has 96 valence electrons. The summed E-state index contributed by atoms with van der Waals surface area (Å²) in [6.07, 6.45) is 5.22. The monoisotopic (exact) mass is 264 g/mol. The number of H-pyrrole nitrogens is 1. The summed E-state index contributed by atoms with van der Waals surface area (Å²) in [6.45, 7) is 0. The zero-order valence-corrected chi connectivity index (χ0v) is 10.9. The Labute approximate surface area is 110 Å². The van der Waals surface area contributed by atoms with Crippen LogP contribution < -0.4 is 11.3 Å². The Hall–Kier alpha value is -1.32. The van der Waals surface area contributed by atoms with Crippen molar-refractivity contribution < 1.29 is 0 Å². The van der Waals surface area contributed by atoms with E-state index in [2.05, 4.69) is 16.0 Å². The number of aromatic nitrogens is 2. The van der Waals surface area contributed by atoms with Crippen LogP contribution in [0.2, 0.25) is 0 Å². The second-order valence-electron chi connectivity index (χ2n) is 4.62. The van der Waals surface area contributed by atoms with Crippen molar-refractivity contribution in [2.75, 3.05) is 5.75 Å². The molecule has 5 nitrogen and oxygen atoms in total. The minimum atomic E-state index is -0.655. The molecule has 0 aromatic carbocycles. The second kappa shape index (κ2) is 5.55. The van der Waals surface area contributed by atoms with Crippen LogP contribution in [0.3, 0.4) is 0 Å². The zero-order valence-electron chi connectivity index (χ0n) is 10.1. The van der Waals surface area contributed by atoms with Gasteiger partial charge in [0.1, 0.15) is 5.54 Å². The van der Waals surface area contributed by atoms with Crippen LogP contribution in [0.5, 0.6) is 0 Å². The summed E-state index contributed by atoms with van der Waals surface area (Å²) in [7, 11) is 0. The molecule has 0 saturated heterocycles. The third kappa shape index (κ3) is 2.92. The molecule has 0 radical (unpaired) electrons. The minimum Gasteiger partial charge on any atom is -0.313 e. The predicted octanol–water partition coefficient (Wildman–Crippen LogP) is 1.27. The molecule has 0 amide bonds. The van der Waals surface area contributed by atoms with Crippen molar-refractivity contribution in [2.24, 2.45) is 11.7 Å². The highest BCUT2D eigenvalue weighted by molar-refractivity contribution is 7.99. The van der Waals surface area contributed by atoms with Crippen molar-refractivity contribution in [3.8, 4) is 6.07 Å². The Morgan fingerprint density at radius 3 is 3.28 bits per heavy atom. The van der Waals surface area contributed by atoms with Gasteiger partial charge in [-0.05, 0) is 25.2 Å². The van der Waals surface area contributed by atoms with Gasteiger partial charge in [-0.1, -0.05) is 18.2 Å². The third-order valence-corrected chi connectivity index (χ3v) is 4.35. The molecular weight excluding hydrogens is 248 g/mol. The fourth-order valence-corrected chi connectivity index (χ4v) is 3.28. The highest BCUT2D eigenvalue weighted by Gasteiger charge is 2.39. The fraction of sp³-hybridized carbons (Fsp3) is 0.583. The quantitative estimate of drug-likeness (QED) is 0.630. The first-order chi connectivity index (χ1) is 8.64. The molecule has 1 aromatic rings. The average molecular weight is 264 g/mol. The van der Waals surface area contributed by atoms with Gasteiger partial charge in [0.05, 0.1) is 6.07 Å². The molecule has 0 aliphatic heterocycles. The van der Waals surface area contributed by atoms with E-state index in [9.17, 15) is 4.79 Å². The number of nitriles is 1. The molecule has 6 heteroatoms. The molecule has 1 aliphatic carbocycles. The number of aromatic amines is 1. The number of hydrogen-bond donors (Lipinski definition) is 2. The first-order valence-corrected chi connectivity index (χ1v) is 7.01. The van der Waals surface area contributed by atoms with E-state index in [1.54, 1.807) is 0 Å². The molecule has 1 aliphatic rings. The topological polar surface area (TPSA) is 95.6 Å². The van der Waals surface area contributed by atoms with Crippen molar-refractivity contribution in [2.45, 2.75) is 36.4 Å². The van der Waals surface area contributed by atoms with Gasteiger partial charge in [-0.25, -0.2) is 4.98 Å². The van der Waals surface area contributed by atoms with E-state index in [-0.39, 0.29) is 11.5 Å². The van der Waals surface area contributed by atoms with Crippen LogP contribution in [0.15, 0.2) is 22.2 Å². The van der Waals surface area contributed by atoms with Crippen molar-refractivity contribution in [3.05, 3.63) is 22.6 Å². The van der Waals surface area contributed by atoms with Crippen molar-refractivity contribution in [3.63, 3.8) is 0 Å². The minimum absolute atomic E-state index is 0.140. The fourth-order valence-electron chi connectivity index (χ4n) is 2.37. The third-order valence-electron chi connectivity index (χ3n) is 3.43. The Kier molecular flexibility index (Phi) is 4.04. The number of rotatable bonds is 4. The van der Waals surface area contributed by atoms with Crippen LogP contribution in [-0.2, 0) is 0 Å². The maximum Gasteiger partial charge on any atom is 0.251 e. The van der Waals surface area contributed by atoms with Gasteiger partial charge in [0, 0.05) is 18.0 Å². The SMILES string of the molecule is N#CC1(N)CCCC1CCSc1nccc(=O)[nH]1. The van der Waals surface area contributed by atoms with E-state index in [0.29, 0.717) is 5.16 Å². The average Bonchev–Trinajstić information content (AvgIpc) is 2.72. The highest BCUT2D eigenvalue weighted by Crippen LogP contribution is 2.36. The highest BCUT2D eigenvalue weighted by atomic mass is 32.2. The standard InChI is InChI=1S/C12H16N4OS/c13-8-12(14)5-1-2-9(12)4-7-18-11-15-6-3-10(17)16-11/h3,6,9H,1-2,4-5,7,14H2,(H,15,16,17). The molecular formula is C12H16N4OS. The van der Waals surface area contributed by atoms with Crippen molar-refractivity contribution in [1.82, 2.24) is 9.97 Å². The number of thioether (sulfide) groups is 1. The number of nitrogens with one attached hydrogen (secondary N) is 1. The molecule has 1 aromatic heterocycles. The summed E-state index contributed by atoms with van der Waals surface area (Å²) in [5.41, 5.74) is 5.27. The van der Waals surface area contributed by atoms with E-state index in [0.717, 1.165) is 31.4 Å². The van der Waals surface area contributed by atoms with Gasteiger partial charge < -0.3 is 10.7 Å². The summed E-state index contributed by atoms with van der Waals surface area (Å²) in [5.74, 6) is 1.07. The van der Waals surface area contributed by atoms with Gasteiger partial charge in [-0.15, -0.1) is 0 Å². The lowest BCUT2D eigenvalue weighted by Gasteiger charge is -2.23. The van der Waals surface area contributed by atoms with Crippen LogP contribution in [-0.4, -0.2) is 21.3 Å². The second-order valence-corrected chi connectivity index (χ2v) is 5.70. The number of nitrogens with zero attached hydrogens (tertiary/aromatic N) is 2. The van der Waals surface area contributed by atoms with Crippen LogP contribution in [0.25, 0.3) is 0 Å².